The van der Waals surface area contributed by atoms with E-state index < -0.39 is 52.9 Å². The molecule has 1 atom stereocenters. The zero-order valence-corrected chi connectivity index (χ0v) is 34.0. The molecule has 2 aromatic rings. The normalized spacial score (nSPS) is 19.4. The van der Waals surface area contributed by atoms with Gasteiger partial charge in [0.05, 0.1) is 21.8 Å². The second-order valence-electron chi connectivity index (χ2n) is 14.7. The highest BCUT2D eigenvalue weighted by Crippen LogP contribution is 2.51. The van der Waals surface area contributed by atoms with E-state index in [2.05, 4.69) is 17.9 Å². The number of aryl methyl sites for hydroxylation is 1. The van der Waals surface area contributed by atoms with Crippen molar-refractivity contribution in [2.24, 2.45) is 0 Å². The molecule has 0 aliphatic carbocycles. The van der Waals surface area contributed by atoms with Crippen molar-refractivity contribution in [1.29, 1.82) is 0 Å². The molecule has 0 spiro atoms. The predicted molar refractivity (Wildman–Crippen MR) is 213 cm³/mol. The number of aliphatic carboxylic acids is 1. The van der Waals surface area contributed by atoms with Gasteiger partial charge in [0.25, 0.3) is 30.4 Å². The van der Waals surface area contributed by atoms with E-state index in [1.54, 1.807) is 18.2 Å². The molecule has 0 aromatic heterocycles. The number of rotatable bonds is 19. The second-order valence-corrected chi connectivity index (χ2v) is 19.3. The molecule has 0 bridgehead atoms. The Morgan fingerprint density at radius 3 is 2.09 bits per heavy atom. The Labute approximate surface area is 324 Å². The fourth-order valence-corrected chi connectivity index (χ4v) is 8.95. The molecule has 4 rings (SSSR count). The van der Waals surface area contributed by atoms with E-state index in [0.717, 1.165) is 47.5 Å². The first-order valence-corrected chi connectivity index (χ1v) is 22.7. The zero-order valence-electron chi connectivity index (χ0n) is 31.5. The number of hydrogen-bond donors (Lipinski definition) is 4. The minimum Gasteiger partial charge on any atom is -0.481 e. The molecule has 0 radical (unpaired) electrons. The van der Waals surface area contributed by atoms with Gasteiger partial charge in [-0.15, -0.1) is 0 Å². The van der Waals surface area contributed by atoms with Gasteiger partial charge in [-0.3, -0.25) is 18.5 Å². The van der Waals surface area contributed by atoms with Gasteiger partial charge in [-0.1, -0.05) is 60.9 Å². The molecule has 2 aliphatic rings. The number of carboxylic acids is 1. The summed E-state index contributed by atoms with van der Waals surface area (Å²) in [5.41, 5.74) is 4.92. The van der Waals surface area contributed by atoms with Crippen LogP contribution in [0.15, 0.2) is 89.5 Å². The lowest BCUT2D eigenvalue weighted by Gasteiger charge is -2.30. The predicted octanol–water partition coefficient (Wildman–Crippen LogP) is 6.54. The van der Waals surface area contributed by atoms with E-state index >= 15 is 0 Å². The maximum atomic E-state index is 11.9. The summed E-state index contributed by atoms with van der Waals surface area (Å²) in [5, 5.41) is 9.09. The standard InChI is InChI=1S/C39H50N2O11S3/c1-29-18-20-34-32(27-29)39(4,22-12-8-11-17-37(42)43)36(41(34)24-14-26-54(47,48)49)16-10-7-5-6-9-15-35-38(2,3)31-28-30(55(50,51)52)19-21-33(31)40(35)23-13-25-53(44,45)46/h5-7,9-10,15-16,18-21,27-28H,8,11-14,17,22-26H2,1-4H3,(H3-,42,43,44,45,46,47,48,49,50,51,52)/p+1. The number of carboxylic acid groups (broad SMARTS) is 1. The van der Waals surface area contributed by atoms with Crippen LogP contribution < -0.4 is 4.90 Å². The monoisotopic (exact) mass is 819 g/mol. The smallest absolute Gasteiger partial charge is 0.303 e. The van der Waals surface area contributed by atoms with E-state index in [1.807, 2.05) is 67.9 Å². The summed E-state index contributed by atoms with van der Waals surface area (Å²) in [6.07, 6.45) is 16.2. The zero-order chi connectivity index (χ0) is 40.8. The van der Waals surface area contributed by atoms with Crippen molar-refractivity contribution < 1.29 is 53.4 Å². The van der Waals surface area contributed by atoms with E-state index in [9.17, 15) is 43.7 Å². The maximum Gasteiger partial charge on any atom is 0.303 e. The number of carbonyl (C=O) groups is 1. The molecule has 2 heterocycles. The molecule has 0 saturated carbocycles. The molecular formula is C39H51N2O11S3+. The molecule has 0 saturated heterocycles. The van der Waals surface area contributed by atoms with Crippen molar-refractivity contribution in [2.45, 2.75) is 88.4 Å². The summed E-state index contributed by atoms with van der Waals surface area (Å²) in [6.45, 7) is 8.51. The van der Waals surface area contributed by atoms with Crippen LogP contribution in [0.2, 0.25) is 0 Å². The molecule has 300 valence electrons. The summed E-state index contributed by atoms with van der Waals surface area (Å²) < 4.78 is 100. The number of anilines is 1. The highest BCUT2D eigenvalue weighted by atomic mass is 32.2. The van der Waals surface area contributed by atoms with Crippen LogP contribution in [0.3, 0.4) is 0 Å². The first-order chi connectivity index (χ1) is 25.5. The third kappa shape index (κ3) is 11.3. The first kappa shape index (κ1) is 43.8. The van der Waals surface area contributed by atoms with Gasteiger partial charge in [-0.2, -0.15) is 29.8 Å². The highest BCUT2D eigenvalue weighted by Gasteiger charge is 2.45. The fraction of sp³-hybridized carbons (Fsp3) is 0.436. The molecule has 2 aliphatic heterocycles. The van der Waals surface area contributed by atoms with Crippen molar-refractivity contribution >= 4 is 53.4 Å². The Kier molecular flexibility index (Phi) is 13.9. The average Bonchev–Trinajstić information content (AvgIpc) is 3.41. The number of hydrogen-bond acceptors (Lipinski definition) is 8. The number of unbranched alkanes of at least 4 members (excludes halogenated alkanes) is 2. The van der Waals surface area contributed by atoms with Gasteiger partial charge >= 0.3 is 5.97 Å². The van der Waals surface area contributed by atoms with Gasteiger partial charge in [-0.25, -0.2) is 0 Å². The summed E-state index contributed by atoms with van der Waals surface area (Å²) >= 11 is 0. The molecule has 13 nitrogen and oxygen atoms in total. The van der Waals surface area contributed by atoms with E-state index in [4.69, 9.17) is 5.11 Å². The number of fused-ring (bicyclic) bond motifs is 2. The topological polar surface area (TPSA) is 207 Å². The van der Waals surface area contributed by atoms with Crippen molar-refractivity contribution in [3.63, 3.8) is 0 Å². The van der Waals surface area contributed by atoms with Gasteiger partial charge in [-0.05, 0) is 76.8 Å². The van der Waals surface area contributed by atoms with Crippen LogP contribution >= 0.6 is 0 Å². The molecule has 16 heteroatoms. The second kappa shape index (κ2) is 17.5. The summed E-state index contributed by atoms with van der Waals surface area (Å²) in [6, 6.07) is 10.4. The largest absolute Gasteiger partial charge is 0.481 e. The molecule has 0 fully saturated rings. The van der Waals surface area contributed by atoms with Crippen LogP contribution in [0.5, 0.6) is 0 Å². The minimum absolute atomic E-state index is 0.102. The van der Waals surface area contributed by atoms with Gasteiger partial charge in [0.15, 0.2) is 5.71 Å². The summed E-state index contributed by atoms with van der Waals surface area (Å²) in [5.74, 6) is -1.66. The van der Waals surface area contributed by atoms with Crippen molar-refractivity contribution in [3.8, 4) is 0 Å². The average molecular weight is 820 g/mol. The number of nitrogens with zero attached hydrogens (tertiary/aromatic N) is 2. The van der Waals surface area contributed by atoms with Crippen LogP contribution in [0.1, 0.15) is 82.4 Å². The van der Waals surface area contributed by atoms with Gasteiger partial charge in [0.1, 0.15) is 6.54 Å². The Hall–Kier alpha value is -3.93. The van der Waals surface area contributed by atoms with Crippen LogP contribution in [-0.2, 0) is 46.0 Å². The molecule has 55 heavy (non-hydrogen) atoms. The van der Waals surface area contributed by atoms with E-state index in [0.29, 0.717) is 24.2 Å². The summed E-state index contributed by atoms with van der Waals surface area (Å²) in [7, 11) is -12.8. The van der Waals surface area contributed by atoms with E-state index in [-0.39, 0.29) is 36.5 Å². The lowest BCUT2D eigenvalue weighted by Crippen LogP contribution is -2.30. The van der Waals surface area contributed by atoms with Crippen LogP contribution in [-0.4, -0.2) is 84.9 Å². The maximum absolute atomic E-state index is 11.9. The lowest BCUT2D eigenvalue weighted by atomic mass is 9.76. The van der Waals surface area contributed by atoms with Crippen LogP contribution in [0.4, 0.5) is 11.4 Å². The fourth-order valence-electron chi connectivity index (χ4n) is 7.45. The SMILES string of the molecule is Cc1ccc2c(c1)C(C)(CCCCCC(=O)O)C(=CC=CC=CC=CC1=[N+](CCCS(=O)(=O)O)c3ccc(S(=O)(=O)O)cc3C1(C)C)N2CCCS(=O)(=O)O. The Morgan fingerprint density at radius 2 is 1.44 bits per heavy atom. The van der Waals surface area contributed by atoms with Crippen LogP contribution in [0.25, 0.3) is 0 Å². The Bertz CT molecular complexity index is 2270. The van der Waals surface area contributed by atoms with E-state index in [1.165, 1.54) is 12.1 Å². The molecular weight excluding hydrogens is 769 g/mol. The van der Waals surface area contributed by atoms with Gasteiger partial charge in [0.2, 0.25) is 5.69 Å². The van der Waals surface area contributed by atoms with Crippen molar-refractivity contribution in [2.75, 3.05) is 29.5 Å². The van der Waals surface area contributed by atoms with Crippen LogP contribution in [0, 0.1) is 6.92 Å². The molecule has 1 unspecified atom stereocenters. The van der Waals surface area contributed by atoms with Crippen molar-refractivity contribution in [3.05, 3.63) is 101 Å². The third-order valence-corrected chi connectivity index (χ3v) is 12.6. The van der Waals surface area contributed by atoms with Gasteiger partial charge in [0, 0.05) is 53.9 Å². The summed E-state index contributed by atoms with van der Waals surface area (Å²) in [4.78, 5) is 12.9. The molecule has 0 amide bonds. The highest BCUT2D eigenvalue weighted by molar-refractivity contribution is 7.86. The Balaban J connectivity index is 1.63. The third-order valence-electron chi connectivity index (χ3n) is 10.1. The lowest BCUT2D eigenvalue weighted by molar-refractivity contribution is -0.437. The first-order valence-electron chi connectivity index (χ1n) is 18.0. The number of allylic oxidation sites excluding steroid dienone is 8. The van der Waals surface area contributed by atoms with Crippen molar-refractivity contribution in [1.82, 2.24) is 0 Å². The minimum atomic E-state index is -4.47. The molecule has 4 N–H and O–H groups in total. The van der Waals surface area contributed by atoms with Gasteiger partial charge < -0.3 is 10.0 Å². The number of benzene rings is 2. The quantitative estimate of drug-likeness (QED) is 0.0516. The Morgan fingerprint density at radius 1 is 0.782 bits per heavy atom. The molecule has 2 aromatic carbocycles.